The summed E-state index contributed by atoms with van der Waals surface area (Å²) < 4.78 is 26.8. The van der Waals surface area contributed by atoms with Crippen molar-refractivity contribution in [3.63, 3.8) is 0 Å². The lowest BCUT2D eigenvalue weighted by molar-refractivity contribution is -0.0514. The third kappa shape index (κ3) is 2.21. The minimum atomic E-state index is -2.75. The first kappa shape index (κ1) is 10.5. The Bertz CT molecular complexity index is 277. The molecule has 13 heavy (non-hydrogen) atoms. The first-order valence-electron chi connectivity index (χ1n) is 4.12. The van der Waals surface area contributed by atoms with Crippen LogP contribution in [0.25, 0.3) is 0 Å². The van der Waals surface area contributed by atoms with E-state index in [0.717, 1.165) is 0 Å². The lowest BCUT2D eigenvalue weighted by Gasteiger charge is -2.20. The van der Waals surface area contributed by atoms with Gasteiger partial charge in [0.25, 0.3) is 5.92 Å². The summed E-state index contributed by atoms with van der Waals surface area (Å²) in [5.74, 6) is -3.43. The van der Waals surface area contributed by atoms with Gasteiger partial charge in [0, 0.05) is 16.4 Å². The standard InChI is InChI=1S/C10H12F2S/c1-7(2)10(11,12)8-3-5-9(13)6-4-8/h3-7,13H,1-2H3. The number of halogens is 2. The number of hydrogen-bond acceptors (Lipinski definition) is 1. The molecule has 0 nitrogen and oxygen atoms in total. The topological polar surface area (TPSA) is 0 Å². The summed E-state index contributed by atoms with van der Waals surface area (Å²) in [4.78, 5) is 0.698. The molecule has 0 aromatic heterocycles. The molecule has 0 aliphatic rings. The predicted molar refractivity (Wildman–Crippen MR) is 52.4 cm³/mol. The fourth-order valence-electron chi connectivity index (χ4n) is 1.02. The molecule has 0 aliphatic carbocycles. The molecule has 0 amide bonds. The van der Waals surface area contributed by atoms with Gasteiger partial charge >= 0.3 is 0 Å². The number of alkyl halides is 2. The molecule has 1 aromatic rings. The smallest absolute Gasteiger partial charge is 0.201 e. The highest BCUT2D eigenvalue weighted by Gasteiger charge is 2.35. The van der Waals surface area contributed by atoms with E-state index in [0.29, 0.717) is 4.90 Å². The van der Waals surface area contributed by atoms with Crippen LogP contribution in [0.15, 0.2) is 29.2 Å². The summed E-state index contributed by atoms with van der Waals surface area (Å²) in [7, 11) is 0. The minimum absolute atomic E-state index is 0.0558. The van der Waals surface area contributed by atoms with Crippen LogP contribution in [0.2, 0.25) is 0 Å². The fourth-order valence-corrected chi connectivity index (χ4v) is 1.17. The summed E-state index contributed by atoms with van der Waals surface area (Å²) in [6.45, 7) is 3.02. The summed E-state index contributed by atoms with van der Waals surface area (Å²) in [5, 5.41) is 0. The maximum Gasteiger partial charge on any atom is 0.275 e. The van der Waals surface area contributed by atoms with Crippen LogP contribution in [0.4, 0.5) is 8.78 Å². The predicted octanol–water partition coefficient (Wildman–Crippen LogP) is 3.72. The molecule has 0 saturated heterocycles. The summed E-state index contributed by atoms with van der Waals surface area (Å²) >= 11 is 4.03. The zero-order valence-electron chi connectivity index (χ0n) is 7.59. The molecule has 0 fully saturated rings. The van der Waals surface area contributed by atoms with E-state index in [4.69, 9.17) is 0 Å². The van der Waals surface area contributed by atoms with E-state index < -0.39 is 11.8 Å². The molecule has 0 N–H and O–H groups in total. The molecule has 0 bridgehead atoms. The van der Waals surface area contributed by atoms with Crippen LogP contribution in [0.5, 0.6) is 0 Å². The second-order valence-corrected chi connectivity index (χ2v) is 3.84. The fraction of sp³-hybridized carbons (Fsp3) is 0.400. The van der Waals surface area contributed by atoms with Gasteiger partial charge in [0.15, 0.2) is 0 Å². The molecule has 0 aliphatic heterocycles. The highest BCUT2D eigenvalue weighted by molar-refractivity contribution is 7.80. The van der Waals surface area contributed by atoms with Gasteiger partial charge in [-0.3, -0.25) is 0 Å². The van der Waals surface area contributed by atoms with Crippen molar-refractivity contribution in [2.24, 2.45) is 5.92 Å². The van der Waals surface area contributed by atoms with E-state index in [1.54, 1.807) is 12.1 Å². The van der Waals surface area contributed by atoms with Crippen LogP contribution in [-0.4, -0.2) is 0 Å². The molecule has 1 aromatic carbocycles. The van der Waals surface area contributed by atoms with Gasteiger partial charge in [0.2, 0.25) is 0 Å². The van der Waals surface area contributed by atoms with E-state index in [1.165, 1.54) is 26.0 Å². The molecule has 1 rings (SSSR count). The van der Waals surface area contributed by atoms with Crippen LogP contribution < -0.4 is 0 Å². The zero-order valence-corrected chi connectivity index (χ0v) is 8.48. The van der Waals surface area contributed by atoms with Crippen molar-refractivity contribution in [1.82, 2.24) is 0 Å². The molecule has 3 heteroatoms. The van der Waals surface area contributed by atoms with E-state index in [9.17, 15) is 8.78 Å². The van der Waals surface area contributed by atoms with E-state index in [2.05, 4.69) is 12.6 Å². The van der Waals surface area contributed by atoms with Gasteiger partial charge < -0.3 is 0 Å². The van der Waals surface area contributed by atoms with E-state index in [1.807, 2.05) is 0 Å². The molecule has 0 unspecified atom stereocenters. The Hall–Kier alpha value is -0.570. The van der Waals surface area contributed by atoms with Gasteiger partial charge in [-0.25, -0.2) is 8.78 Å². The summed E-state index contributed by atoms with van der Waals surface area (Å²) in [6, 6.07) is 5.99. The van der Waals surface area contributed by atoms with E-state index in [-0.39, 0.29) is 5.56 Å². The van der Waals surface area contributed by atoms with Crippen molar-refractivity contribution in [2.45, 2.75) is 24.7 Å². The van der Waals surface area contributed by atoms with Crippen LogP contribution in [-0.2, 0) is 5.92 Å². The highest BCUT2D eigenvalue weighted by Crippen LogP contribution is 2.35. The average Bonchev–Trinajstić information content (AvgIpc) is 2.04. The maximum absolute atomic E-state index is 13.4. The van der Waals surface area contributed by atoms with Crippen molar-refractivity contribution in [2.75, 3.05) is 0 Å². The molecule has 0 heterocycles. The Kier molecular flexibility index (Phi) is 2.96. The maximum atomic E-state index is 13.4. The number of thiol groups is 1. The number of rotatable bonds is 2. The van der Waals surface area contributed by atoms with Crippen molar-refractivity contribution in [1.29, 1.82) is 0 Å². The molecule has 0 atom stereocenters. The molecular weight excluding hydrogens is 190 g/mol. The Morgan fingerprint density at radius 3 is 2.00 bits per heavy atom. The molecule has 0 spiro atoms. The average molecular weight is 202 g/mol. The van der Waals surface area contributed by atoms with Gasteiger partial charge in [0.1, 0.15) is 0 Å². The van der Waals surface area contributed by atoms with Crippen LogP contribution in [0.1, 0.15) is 19.4 Å². The van der Waals surface area contributed by atoms with E-state index >= 15 is 0 Å². The number of hydrogen-bond donors (Lipinski definition) is 1. The van der Waals surface area contributed by atoms with Crippen LogP contribution in [0, 0.1) is 5.92 Å². The normalized spacial score (nSPS) is 12.2. The Morgan fingerprint density at radius 1 is 1.15 bits per heavy atom. The summed E-state index contributed by atoms with van der Waals surface area (Å²) in [6.07, 6.45) is 0. The van der Waals surface area contributed by atoms with Gasteiger partial charge in [-0.05, 0) is 12.1 Å². The Labute approximate surface area is 82.4 Å². The molecule has 72 valence electrons. The van der Waals surface area contributed by atoms with Gasteiger partial charge in [0.05, 0.1) is 0 Å². The summed E-state index contributed by atoms with van der Waals surface area (Å²) in [5.41, 5.74) is 0.0558. The van der Waals surface area contributed by atoms with Crippen molar-refractivity contribution in [3.8, 4) is 0 Å². The SMILES string of the molecule is CC(C)C(F)(F)c1ccc(S)cc1. The first-order chi connectivity index (χ1) is 5.94. The molecule has 0 saturated carbocycles. The monoisotopic (exact) mass is 202 g/mol. The largest absolute Gasteiger partial charge is 0.275 e. The highest BCUT2D eigenvalue weighted by atomic mass is 32.1. The Balaban J connectivity index is 3.01. The number of benzene rings is 1. The van der Waals surface area contributed by atoms with Gasteiger partial charge in [-0.2, -0.15) is 0 Å². The minimum Gasteiger partial charge on any atom is -0.201 e. The zero-order chi connectivity index (χ0) is 10.1. The van der Waals surface area contributed by atoms with Crippen LogP contribution >= 0.6 is 12.6 Å². The van der Waals surface area contributed by atoms with Gasteiger partial charge in [-0.1, -0.05) is 26.0 Å². The lowest BCUT2D eigenvalue weighted by Crippen LogP contribution is -2.20. The van der Waals surface area contributed by atoms with Crippen molar-refractivity contribution < 1.29 is 8.78 Å². The Morgan fingerprint density at radius 2 is 1.62 bits per heavy atom. The molecule has 0 radical (unpaired) electrons. The quantitative estimate of drug-likeness (QED) is 0.694. The second kappa shape index (κ2) is 3.66. The lowest BCUT2D eigenvalue weighted by atomic mass is 9.98. The third-order valence-corrected chi connectivity index (χ3v) is 2.28. The third-order valence-electron chi connectivity index (χ3n) is 1.98. The first-order valence-corrected chi connectivity index (χ1v) is 4.56. The van der Waals surface area contributed by atoms with Crippen LogP contribution in [0.3, 0.4) is 0 Å². The van der Waals surface area contributed by atoms with Crippen molar-refractivity contribution >= 4 is 12.6 Å². The van der Waals surface area contributed by atoms with Crippen molar-refractivity contribution in [3.05, 3.63) is 29.8 Å². The molecular formula is C10H12F2S. The van der Waals surface area contributed by atoms with Gasteiger partial charge in [-0.15, -0.1) is 12.6 Å². The second-order valence-electron chi connectivity index (χ2n) is 3.32.